The maximum absolute atomic E-state index is 13.0. The molecule has 0 radical (unpaired) electrons. The van der Waals surface area contributed by atoms with Crippen molar-refractivity contribution in [2.75, 3.05) is 0 Å². The third-order valence-corrected chi connectivity index (χ3v) is 2.56. The van der Waals surface area contributed by atoms with E-state index in [1.165, 1.54) is 12.1 Å². The molecule has 0 atom stereocenters. The Hall–Kier alpha value is -1.20. The molecule has 0 aliphatic rings. The number of halogens is 2. The lowest BCUT2D eigenvalue weighted by Crippen LogP contribution is -1.97. The molecule has 0 aliphatic heterocycles. The zero-order valence-electron chi connectivity index (χ0n) is 7.79. The van der Waals surface area contributed by atoms with Crippen LogP contribution in [0.25, 0.3) is 5.69 Å². The van der Waals surface area contributed by atoms with Gasteiger partial charge in [-0.25, -0.2) is 4.39 Å². The largest absolute Gasteiger partial charge is 0.272 e. The van der Waals surface area contributed by atoms with E-state index in [0.717, 1.165) is 0 Å². The number of hydrogen-bond acceptors (Lipinski definition) is 2. The van der Waals surface area contributed by atoms with E-state index >= 15 is 0 Å². The van der Waals surface area contributed by atoms with Crippen molar-refractivity contribution in [2.24, 2.45) is 0 Å². The van der Waals surface area contributed by atoms with Gasteiger partial charge in [0.2, 0.25) is 0 Å². The first-order valence-electron chi connectivity index (χ1n) is 4.19. The van der Waals surface area contributed by atoms with Gasteiger partial charge < -0.3 is 0 Å². The Labute approximate surface area is 95.5 Å². The predicted octanol–water partition coefficient (Wildman–Crippen LogP) is 3.03. The van der Waals surface area contributed by atoms with Gasteiger partial charge in [-0.15, -0.1) is 0 Å². The molecule has 6 heteroatoms. The molecule has 0 saturated heterocycles. The van der Waals surface area contributed by atoms with Crippen LogP contribution in [0.5, 0.6) is 0 Å². The Bertz CT molecular complexity index is 561. The number of rotatable bonds is 1. The van der Waals surface area contributed by atoms with Gasteiger partial charge >= 0.3 is 0 Å². The molecule has 0 fully saturated rings. The smallest absolute Gasteiger partial charge is 0.199 e. The van der Waals surface area contributed by atoms with Gasteiger partial charge in [-0.2, -0.15) is 5.10 Å². The zero-order chi connectivity index (χ0) is 11.0. The molecule has 0 aliphatic carbocycles. The number of benzene rings is 1. The van der Waals surface area contributed by atoms with E-state index in [4.69, 9.17) is 23.8 Å². The van der Waals surface area contributed by atoms with Crippen LogP contribution in [-0.4, -0.2) is 14.8 Å². The van der Waals surface area contributed by atoms with Crippen LogP contribution in [0.3, 0.4) is 0 Å². The molecule has 1 N–H and O–H groups in total. The van der Waals surface area contributed by atoms with Crippen molar-refractivity contribution < 1.29 is 4.39 Å². The fourth-order valence-corrected chi connectivity index (χ4v) is 1.76. The normalized spacial score (nSPS) is 10.6. The molecule has 1 heterocycles. The number of aryl methyl sites for hydroxylation is 1. The van der Waals surface area contributed by atoms with Gasteiger partial charge in [0.05, 0.1) is 10.7 Å². The fraction of sp³-hybridized carbons (Fsp3) is 0.111. The second-order valence-electron chi connectivity index (χ2n) is 3.01. The highest BCUT2D eigenvalue weighted by molar-refractivity contribution is 7.71. The molecule has 0 spiro atoms. The fourth-order valence-electron chi connectivity index (χ4n) is 1.30. The summed E-state index contributed by atoms with van der Waals surface area (Å²) in [6.45, 7) is 1.80. The highest BCUT2D eigenvalue weighted by Crippen LogP contribution is 2.19. The Kier molecular flexibility index (Phi) is 2.58. The molecule has 0 saturated carbocycles. The van der Waals surface area contributed by atoms with Crippen LogP contribution in [0.1, 0.15) is 5.82 Å². The average molecular weight is 244 g/mol. The summed E-state index contributed by atoms with van der Waals surface area (Å²) < 4.78 is 15.1. The second kappa shape index (κ2) is 3.75. The molecule has 0 bridgehead atoms. The predicted molar refractivity (Wildman–Crippen MR) is 58.5 cm³/mol. The number of aromatic nitrogens is 3. The first-order chi connectivity index (χ1) is 7.09. The van der Waals surface area contributed by atoms with Crippen LogP contribution < -0.4 is 0 Å². The zero-order valence-corrected chi connectivity index (χ0v) is 9.36. The summed E-state index contributed by atoms with van der Waals surface area (Å²) in [6, 6.07) is 4.40. The third-order valence-electron chi connectivity index (χ3n) is 2.00. The molecule has 3 nitrogen and oxygen atoms in total. The van der Waals surface area contributed by atoms with Gasteiger partial charge in [0.25, 0.3) is 0 Å². The monoisotopic (exact) mass is 243 g/mol. The van der Waals surface area contributed by atoms with Crippen LogP contribution in [0.2, 0.25) is 5.02 Å². The molecule has 1 aromatic heterocycles. The lowest BCUT2D eigenvalue weighted by Gasteiger charge is -2.04. The van der Waals surface area contributed by atoms with E-state index in [-0.39, 0.29) is 5.02 Å². The molecule has 0 amide bonds. The van der Waals surface area contributed by atoms with Gasteiger partial charge in [-0.3, -0.25) is 9.67 Å². The summed E-state index contributed by atoms with van der Waals surface area (Å²) in [5, 5.41) is 6.67. The summed E-state index contributed by atoms with van der Waals surface area (Å²) in [6.07, 6.45) is 0. The first kappa shape index (κ1) is 10.3. The lowest BCUT2D eigenvalue weighted by molar-refractivity contribution is 0.627. The molecule has 2 aromatic rings. The van der Waals surface area contributed by atoms with Crippen LogP contribution in [-0.2, 0) is 0 Å². The topological polar surface area (TPSA) is 33.6 Å². The van der Waals surface area contributed by atoms with Crippen molar-refractivity contribution in [3.63, 3.8) is 0 Å². The Morgan fingerprint density at radius 2 is 2.27 bits per heavy atom. The van der Waals surface area contributed by atoms with E-state index in [9.17, 15) is 4.39 Å². The van der Waals surface area contributed by atoms with Crippen molar-refractivity contribution in [1.29, 1.82) is 0 Å². The van der Waals surface area contributed by atoms with Crippen LogP contribution >= 0.6 is 23.8 Å². The Balaban J connectivity index is 2.65. The van der Waals surface area contributed by atoms with E-state index in [1.807, 2.05) is 0 Å². The molecular formula is C9H7ClFN3S. The number of nitrogens with zero attached hydrogens (tertiary/aromatic N) is 2. The van der Waals surface area contributed by atoms with Crippen molar-refractivity contribution in [3.8, 4) is 5.69 Å². The molecule has 1 aromatic carbocycles. The third kappa shape index (κ3) is 1.80. The van der Waals surface area contributed by atoms with Gasteiger partial charge in [-0.1, -0.05) is 11.6 Å². The molecule has 15 heavy (non-hydrogen) atoms. The highest BCUT2D eigenvalue weighted by atomic mass is 35.5. The SMILES string of the molecule is Cc1n[nH]c(=S)n1-c1ccc(F)c(Cl)c1. The number of aromatic amines is 1. The van der Waals surface area contributed by atoms with E-state index in [0.29, 0.717) is 16.3 Å². The van der Waals surface area contributed by atoms with E-state index in [1.54, 1.807) is 17.6 Å². The van der Waals surface area contributed by atoms with Crippen LogP contribution in [0.4, 0.5) is 4.39 Å². The summed E-state index contributed by atoms with van der Waals surface area (Å²) in [5.74, 6) is 0.246. The number of H-pyrrole nitrogens is 1. The van der Waals surface area contributed by atoms with Crippen molar-refractivity contribution in [1.82, 2.24) is 14.8 Å². The van der Waals surface area contributed by atoms with Gasteiger partial charge in [-0.05, 0) is 37.3 Å². The molecular weight excluding hydrogens is 237 g/mol. The highest BCUT2D eigenvalue weighted by Gasteiger charge is 2.06. The van der Waals surface area contributed by atoms with Crippen LogP contribution in [0.15, 0.2) is 18.2 Å². The molecule has 2 rings (SSSR count). The van der Waals surface area contributed by atoms with Crippen molar-refractivity contribution in [3.05, 3.63) is 39.6 Å². The average Bonchev–Trinajstić information content (AvgIpc) is 2.52. The lowest BCUT2D eigenvalue weighted by atomic mass is 10.3. The summed E-state index contributed by atoms with van der Waals surface area (Å²) >= 11 is 10.7. The summed E-state index contributed by atoms with van der Waals surface area (Å²) in [5.41, 5.74) is 0.692. The quantitative estimate of drug-likeness (QED) is 0.781. The minimum Gasteiger partial charge on any atom is -0.272 e. The van der Waals surface area contributed by atoms with E-state index in [2.05, 4.69) is 10.2 Å². The second-order valence-corrected chi connectivity index (χ2v) is 3.80. The maximum atomic E-state index is 13.0. The summed E-state index contributed by atoms with van der Waals surface area (Å²) in [4.78, 5) is 0. The van der Waals surface area contributed by atoms with E-state index < -0.39 is 5.82 Å². The van der Waals surface area contributed by atoms with Crippen molar-refractivity contribution in [2.45, 2.75) is 6.92 Å². The van der Waals surface area contributed by atoms with Crippen molar-refractivity contribution >= 4 is 23.8 Å². The van der Waals surface area contributed by atoms with Gasteiger partial charge in [0, 0.05) is 0 Å². The Morgan fingerprint density at radius 1 is 1.53 bits per heavy atom. The molecule has 78 valence electrons. The number of nitrogens with one attached hydrogen (secondary N) is 1. The standard InChI is InChI=1S/C9H7ClFN3S/c1-5-12-13-9(15)14(5)6-2-3-8(11)7(10)4-6/h2-4H,1H3,(H,13,15). The minimum absolute atomic E-state index is 0.0648. The van der Waals surface area contributed by atoms with Gasteiger partial charge in [0.15, 0.2) is 4.77 Å². The maximum Gasteiger partial charge on any atom is 0.199 e. The first-order valence-corrected chi connectivity index (χ1v) is 4.97. The summed E-state index contributed by atoms with van der Waals surface area (Å²) in [7, 11) is 0. The molecule has 0 unspecified atom stereocenters. The minimum atomic E-state index is -0.451. The van der Waals surface area contributed by atoms with Gasteiger partial charge in [0.1, 0.15) is 11.6 Å². The van der Waals surface area contributed by atoms with Crippen LogP contribution in [0, 0.1) is 17.5 Å². The number of hydrogen-bond donors (Lipinski definition) is 1. The Morgan fingerprint density at radius 3 is 2.80 bits per heavy atom.